The summed E-state index contributed by atoms with van der Waals surface area (Å²) in [5.41, 5.74) is 0.374. The maximum atomic E-state index is 14.3. The van der Waals surface area contributed by atoms with E-state index in [0.29, 0.717) is 41.0 Å². The summed E-state index contributed by atoms with van der Waals surface area (Å²) in [5.74, 6) is -0.288. The number of nitrogens with one attached hydrogen (secondary N) is 3. The van der Waals surface area contributed by atoms with Gasteiger partial charge >= 0.3 is 0 Å². The van der Waals surface area contributed by atoms with Crippen molar-refractivity contribution in [3.05, 3.63) is 42.8 Å². The molecule has 2 aliphatic rings. The number of hydrogen-bond acceptors (Lipinski definition) is 8. The van der Waals surface area contributed by atoms with Crippen LogP contribution in [0.1, 0.15) is 58.8 Å². The number of amides is 3. The number of carbonyl (C=O) groups is 3. The van der Waals surface area contributed by atoms with Crippen LogP contribution < -0.4 is 16.0 Å². The maximum Gasteiger partial charge on any atom is 0.255 e. The van der Waals surface area contributed by atoms with Gasteiger partial charge in [-0.3, -0.25) is 14.4 Å². The van der Waals surface area contributed by atoms with E-state index in [9.17, 15) is 14.4 Å². The predicted octanol–water partition coefficient (Wildman–Crippen LogP) is 4.46. The first-order valence-electron chi connectivity index (χ1n) is 14.4. The Kier molecular flexibility index (Phi) is 8.84. The fourth-order valence-corrected chi connectivity index (χ4v) is 6.83. The second kappa shape index (κ2) is 12.5. The van der Waals surface area contributed by atoms with E-state index in [4.69, 9.17) is 9.40 Å². The number of anilines is 1. The van der Waals surface area contributed by atoms with Crippen LogP contribution in [-0.2, 0) is 14.4 Å². The molecule has 3 atom stereocenters. The SMILES string of the molecule is CN[C@@H](C)C(=O)N[C@](C)(C(=O)N1CCC[C@H]1C(=O)Nc1sc(-c2ncco2)nc1-c1ccccc1)C1CCCCC1. The Labute approximate surface area is 244 Å². The van der Waals surface area contributed by atoms with Gasteiger partial charge in [0.25, 0.3) is 5.89 Å². The summed E-state index contributed by atoms with van der Waals surface area (Å²) in [4.78, 5) is 51.8. The molecule has 1 aromatic carbocycles. The van der Waals surface area contributed by atoms with Gasteiger partial charge in [0.1, 0.15) is 28.5 Å². The van der Waals surface area contributed by atoms with Gasteiger partial charge in [-0.2, -0.15) is 0 Å². The first kappa shape index (κ1) is 28.9. The van der Waals surface area contributed by atoms with Crippen LogP contribution in [0.4, 0.5) is 5.00 Å². The van der Waals surface area contributed by atoms with Crippen LogP contribution in [0.15, 0.2) is 47.2 Å². The zero-order valence-corrected chi connectivity index (χ0v) is 24.6. The van der Waals surface area contributed by atoms with Crippen molar-refractivity contribution in [2.24, 2.45) is 5.92 Å². The number of hydrogen-bond donors (Lipinski definition) is 3. The number of likely N-dealkylation sites (tertiary alicyclic amines) is 1. The third-order valence-electron chi connectivity index (χ3n) is 8.42. The number of likely N-dealkylation sites (N-methyl/N-ethyl adjacent to an activating group) is 1. The van der Waals surface area contributed by atoms with E-state index in [1.54, 1.807) is 25.1 Å². The maximum absolute atomic E-state index is 14.3. The van der Waals surface area contributed by atoms with E-state index in [2.05, 4.69) is 20.9 Å². The quantitative estimate of drug-likeness (QED) is 0.342. The van der Waals surface area contributed by atoms with Crippen molar-refractivity contribution in [1.82, 2.24) is 25.5 Å². The summed E-state index contributed by atoms with van der Waals surface area (Å²) in [6, 6.07) is 8.52. The number of nitrogens with zero attached hydrogens (tertiary/aromatic N) is 3. The predicted molar refractivity (Wildman–Crippen MR) is 158 cm³/mol. The average molecular weight is 579 g/mol. The summed E-state index contributed by atoms with van der Waals surface area (Å²) in [6.07, 6.45) is 9.21. The first-order valence-corrected chi connectivity index (χ1v) is 15.2. The lowest BCUT2D eigenvalue weighted by Gasteiger charge is -2.43. The molecule has 2 aromatic heterocycles. The zero-order chi connectivity index (χ0) is 29.0. The van der Waals surface area contributed by atoms with Crippen molar-refractivity contribution in [2.75, 3.05) is 18.9 Å². The Hall–Kier alpha value is -3.57. The van der Waals surface area contributed by atoms with Crippen LogP contribution in [0, 0.1) is 5.92 Å². The van der Waals surface area contributed by atoms with Gasteiger partial charge in [0, 0.05) is 12.1 Å². The molecular formula is C30H38N6O4S. The Morgan fingerprint density at radius 1 is 1.10 bits per heavy atom. The summed E-state index contributed by atoms with van der Waals surface area (Å²) < 4.78 is 5.46. The fourth-order valence-electron chi connectivity index (χ4n) is 5.90. The molecule has 1 aliphatic heterocycles. The van der Waals surface area contributed by atoms with Crippen molar-refractivity contribution >= 4 is 34.1 Å². The Bertz CT molecular complexity index is 1350. The summed E-state index contributed by atoms with van der Waals surface area (Å²) in [6.45, 7) is 4.09. The molecule has 11 heteroatoms. The fraction of sp³-hybridized carbons (Fsp3) is 0.500. The second-order valence-corrected chi connectivity index (χ2v) is 12.1. The molecule has 1 saturated heterocycles. The van der Waals surface area contributed by atoms with E-state index in [0.717, 1.165) is 37.7 Å². The molecule has 0 radical (unpaired) electrons. The van der Waals surface area contributed by atoms with Gasteiger partial charge in [-0.15, -0.1) is 0 Å². The third kappa shape index (κ3) is 6.06. The molecule has 1 aliphatic carbocycles. The van der Waals surface area contributed by atoms with Gasteiger partial charge in [0.15, 0.2) is 5.01 Å². The normalized spacial score (nSPS) is 19.9. The van der Waals surface area contributed by atoms with Crippen LogP contribution >= 0.6 is 11.3 Å². The highest BCUT2D eigenvalue weighted by Gasteiger charge is 2.49. The van der Waals surface area contributed by atoms with Crippen LogP contribution in [0.5, 0.6) is 0 Å². The molecule has 0 spiro atoms. The van der Waals surface area contributed by atoms with E-state index >= 15 is 0 Å². The standard InChI is InChI=1S/C30H38N6O4S/c1-19(31-3)24(37)35-30(2,21-13-8-5-9-14-21)29(39)36-17-10-15-22(36)25(38)34-27-23(20-11-6-4-7-12-20)33-28(41-27)26-32-16-18-40-26/h4,6-7,11-12,16,18-19,21-22,31H,5,8-10,13-15,17H2,1-3H3,(H,34,38)(H,35,37)/t19-,22-,30-/m0/s1. The van der Waals surface area contributed by atoms with Gasteiger partial charge in [-0.25, -0.2) is 9.97 Å². The largest absolute Gasteiger partial charge is 0.443 e. The minimum absolute atomic E-state index is 0.00982. The van der Waals surface area contributed by atoms with Crippen LogP contribution in [0.3, 0.4) is 0 Å². The number of benzene rings is 1. The zero-order valence-electron chi connectivity index (χ0n) is 23.8. The molecule has 0 unspecified atom stereocenters. The number of carbonyl (C=O) groups excluding carboxylic acids is 3. The monoisotopic (exact) mass is 578 g/mol. The van der Waals surface area contributed by atoms with Crippen LogP contribution in [-0.4, -0.2) is 63.8 Å². The van der Waals surface area contributed by atoms with E-state index in [-0.39, 0.29) is 23.6 Å². The van der Waals surface area contributed by atoms with E-state index in [1.165, 1.54) is 17.6 Å². The second-order valence-electron chi connectivity index (χ2n) is 11.1. The van der Waals surface area contributed by atoms with Gasteiger partial charge in [0.2, 0.25) is 17.7 Å². The molecule has 218 valence electrons. The molecule has 10 nitrogen and oxygen atoms in total. The van der Waals surface area contributed by atoms with Crippen LogP contribution in [0.2, 0.25) is 0 Å². The van der Waals surface area contributed by atoms with Gasteiger partial charge in [-0.05, 0) is 52.5 Å². The summed E-state index contributed by atoms with van der Waals surface area (Å²) in [7, 11) is 1.72. The van der Waals surface area contributed by atoms with Gasteiger partial charge in [0.05, 0.1) is 12.2 Å². The van der Waals surface area contributed by atoms with Crippen molar-refractivity contribution in [1.29, 1.82) is 0 Å². The molecular weight excluding hydrogens is 540 g/mol. The molecule has 3 heterocycles. The summed E-state index contributed by atoms with van der Waals surface area (Å²) >= 11 is 1.28. The lowest BCUT2D eigenvalue weighted by molar-refractivity contribution is -0.147. The van der Waals surface area contributed by atoms with Crippen molar-refractivity contribution < 1.29 is 18.8 Å². The number of oxazole rings is 1. The summed E-state index contributed by atoms with van der Waals surface area (Å²) in [5, 5.41) is 10.3. The van der Waals surface area contributed by atoms with Gasteiger partial charge < -0.3 is 25.3 Å². The molecule has 3 aromatic rings. The number of aromatic nitrogens is 2. The van der Waals surface area contributed by atoms with E-state index < -0.39 is 17.6 Å². The Balaban J connectivity index is 1.41. The molecule has 0 bridgehead atoms. The molecule has 5 rings (SSSR count). The Morgan fingerprint density at radius 2 is 1.85 bits per heavy atom. The highest BCUT2D eigenvalue weighted by molar-refractivity contribution is 7.19. The minimum atomic E-state index is -1.09. The first-order chi connectivity index (χ1) is 19.8. The number of rotatable bonds is 9. The van der Waals surface area contributed by atoms with E-state index in [1.807, 2.05) is 37.3 Å². The smallest absolute Gasteiger partial charge is 0.255 e. The molecule has 3 N–H and O–H groups in total. The van der Waals surface area contributed by atoms with Crippen molar-refractivity contribution in [3.63, 3.8) is 0 Å². The van der Waals surface area contributed by atoms with Crippen molar-refractivity contribution in [2.45, 2.75) is 76.4 Å². The highest BCUT2D eigenvalue weighted by atomic mass is 32.1. The molecule has 3 amide bonds. The van der Waals surface area contributed by atoms with Crippen LogP contribution in [0.25, 0.3) is 22.2 Å². The topological polar surface area (TPSA) is 129 Å². The van der Waals surface area contributed by atoms with Crippen molar-refractivity contribution in [3.8, 4) is 22.2 Å². The molecule has 2 fully saturated rings. The Morgan fingerprint density at radius 3 is 2.54 bits per heavy atom. The average Bonchev–Trinajstić information content (AvgIpc) is 3.78. The molecule has 1 saturated carbocycles. The lowest BCUT2D eigenvalue weighted by atomic mass is 9.74. The minimum Gasteiger partial charge on any atom is -0.443 e. The third-order valence-corrected chi connectivity index (χ3v) is 9.38. The highest BCUT2D eigenvalue weighted by Crippen LogP contribution is 2.39. The molecule has 41 heavy (non-hydrogen) atoms. The number of thiazole rings is 1. The lowest BCUT2D eigenvalue weighted by Crippen LogP contribution is -2.65. The van der Waals surface area contributed by atoms with Gasteiger partial charge in [-0.1, -0.05) is 60.9 Å².